The quantitative estimate of drug-likeness (QED) is 0.658. The Kier molecular flexibility index (Phi) is 7.07. The zero-order chi connectivity index (χ0) is 22.7. The van der Waals surface area contributed by atoms with Gasteiger partial charge in [-0.2, -0.15) is 4.31 Å². The molecule has 0 radical (unpaired) electrons. The predicted molar refractivity (Wildman–Crippen MR) is 124 cm³/mol. The predicted octanol–water partition coefficient (Wildman–Crippen LogP) is 2.76. The van der Waals surface area contributed by atoms with E-state index in [-0.39, 0.29) is 17.5 Å². The van der Waals surface area contributed by atoms with Gasteiger partial charge < -0.3 is 14.4 Å². The molecule has 3 heterocycles. The minimum Gasteiger partial charge on any atom is -0.368 e. The Morgan fingerprint density at radius 2 is 1.72 bits per heavy atom. The number of benzene rings is 1. The Morgan fingerprint density at radius 3 is 2.41 bits per heavy atom. The Labute approximate surface area is 194 Å². The summed E-state index contributed by atoms with van der Waals surface area (Å²) in [6.45, 7) is 5.88. The van der Waals surface area contributed by atoms with Crippen LogP contribution < -0.4 is 4.90 Å². The number of aromatic nitrogens is 2. The number of carbonyl (C=O) groups excluding carboxylic acids is 1. The molecular weight excluding hydrogens is 450 g/mol. The van der Waals surface area contributed by atoms with Crippen molar-refractivity contribution in [3.8, 4) is 0 Å². The first-order valence-electron chi connectivity index (χ1n) is 11.2. The lowest BCUT2D eigenvalue weighted by Gasteiger charge is -2.37. The van der Waals surface area contributed by atoms with Crippen LogP contribution in [0.1, 0.15) is 31.2 Å². The number of anilines is 1. The molecule has 0 aliphatic carbocycles. The van der Waals surface area contributed by atoms with Crippen LogP contribution >= 0.6 is 11.6 Å². The first kappa shape index (κ1) is 23.1. The van der Waals surface area contributed by atoms with Gasteiger partial charge in [-0.05, 0) is 37.5 Å². The molecule has 0 atom stereocenters. The Hall–Kier alpha value is -2.10. The lowest BCUT2D eigenvalue weighted by molar-refractivity contribution is -0.132. The van der Waals surface area contributed by atoms with Crippen molar-refractivity contribution in [3.05, 3.63) is 41.3 Å². The summed E-state index contributed by atoms with van der Waals surface area (Å²) < 4.78 is 28.9. The van der Waals surface area contributed by atoms with Gasteiger partial charge in [-0.1, -0.05) is 30.5 Å². The van der Waals surface area contributed by atoms with Gasteiger partial charge in [0.15, 0.2) is 5.03 Å². The molecule has 10 heteroatoms. The van der Waals surface area contributed by atoms with E-state index < -0.39 is 10.0 Å². The fourth-order valence-corrected chi connectivity index (χ4v) is 5.97. The summed E-state index contributed by atoms with van der Waals surface area (Å²) in [6, 6.07) is 5.85. The molecule has 32 heavy (non-hydrogen) atoms. The molecule has 0 saturated carbocycles. The van der Waals surface area contributed by atoms with Crippen molar-refractivity contribution in [1.82, 2.24) is 18.8 Å². The SMILES string of the molecule is Cc1ccc(Cl)cc1N1CCN(C(=O)Cn2cnc(S(=O)(=O)N3CCCCCC3)c2)CC1. The molecule has 2 fully saturated rings. The molecule has 1 aromatic heterocycles. The van der Waals surface area contributed by atoms with Crippen LogP contribution in [0.5, 0.6) is 0 Å². The Bertz CT molecular complexity index is 1060. The van der Waals surface area contributed by atoms with Crippen molar-refractivity contribution >= 4 is 33.2 Å². The molecule has 0 spiro atoms. The van der Waals surface area contributed by atoms with E-state index in [1.54, 1.807) is 4.57 Å². The van der Waals surface area contributed by atoms with Crippen LogP contribution in [0, 0.1) is 6.92 Å². The monoisotopic (exact) mass is 479 g/mol. The number of imidazole rings is 1. The number of rotatable bonds is 5. The lowest BCUT2D eigenvalue weighted by Crippen LogP contribution is -2.49. The van der Waals surface area contributed by atoms with Crippen LogP contribution in [0.4, 0.5) is 5.69 Å². The smallest absolute Gasteiger partial charge is 0.262 e. The first-order valence-corrected chi connectivity index (χ1v) is 13.0. The zero-order valence-electron chi connectivity index (χ0n) is 18.4. The minimum absolute atomic E-state index is 0.0217. The van der Waals surface area contributed by atoms with Crippen LogP contribution in [0.2, 0.25) is 5.02 Å². The van der Waals surface area contributed by atoms with Gasteiger partial charge in [0.1, 0.15) is 6.54 Å². The number of halogens is 1. The number of aryl methyl sites for hydroxylation is 1. The van der Waals surface area contributed by atoms with Gasteiger partial charge in [0.2, 0.25) is 5.91 Å². The normalized spacial score (nSPS) is 18.6. The summed E-state index contributed by atoms with van der Waals surface area (Å²) in [6.07, 6.45) is 6.77. The summed E-state index contributed by atoms with van der Waals surface area (Å²) in [5.74, 6) is -0.0383. The van der Waals surface area contributed by atoms with E-state index in [0.29, 0.717) is 31.2 Å². The van der Waals surface area contributed by atoms with E-state index in [2.05, 4.69) is 16.8 Å². The number of piperazine rings is 1. The second kappa shape index (κ2) is 9.80. The molecule has 174 valence electrons. The molecule has 0 unspecified atom stereocenters. The van der Waals surface area contributed by atoms with Gasteiger partial charge in [0, 0.05) is 56.2 Å². The van der Waals surface area contributed by atoms with Crippen LogP contribution in [0.25, 0.3) is 0 Å². The van der Waals surface area contributed by atoms with Gasteiger partial charge in [-0.25, -0.2) is 13.4 Å². The first-order chi connectivity index (χ1) is 15.3. The lowest BCUT2D eigenvalue weighted by atomic mass is 10.1. The number of nitrogens with zero attached hydrogens (tertiary/aromatic N) is 5. The fourth-order valence-electron chi connectivity index (χ4n) is 4.35. The third kappa shape index (κ3) is 5.10. The van der Waals surface area contributed by atoms with Crippen LogP contribution in [0.15, 0.2) is 35.7 Å². The maximum absolute atomic E-state index is 12.9. The standard InChI is InChI=1S/C22H30ClN5O3S/c1-18-6-7-19(23)14-20(18)26-10-12-27(13-11-26)22(29)16-25-15-21(24-17-25)32(30,31)28-8-4-2-3-5-9-28/h6-7,14-15,17H,2-5,8-13,16H2,1H3. The number of amides is 1. The highest BCUT2D eigenvalue weighted by atomic mass is 35.5. The topological polar surface area (TPSA) is 78.8 Å². The number of hydrogen-bond acceptors (Lipinski definition) is 5. The van der Waals surface area contributed by atoms with E-state index in [4.69, 9.17) is 11.6 Å². The highest BCUT2D eigenvalue weighted by molar-refractivity contribution is 7.89. The molecule has 1 aromatic carbocycles. The van der Waals surface area contributed by atoms with E-state index in [0.717, 1.165) is 50.0 Å². The molecule has 2 saturated heterocycles. The maximum Gasteiger partial charge on any atom is 0.262 e. The summed E-state index contributed by atoms with van der Waals surface area (Å²) in [4.78, 5) is 21.0. The number of carbonyl (C=O) groups is 1. The third-order valence-electron chi connectivity index (χ3n) is 6.24. The molecular formula is C22H30ClN5O3S. The molecule has 2 aliphatic rings. The van der Waals surface area contributed by atoms with Crippen LogP contribution in [-0.4, -0.2) is 72.3 Å². The van der Waals surface area contributed by atoms with Gasteiger partial charge in [-0.3, -0.25) is 4.79 Å². The maximum atomic E-state index is 12.9. The summed E-state index contributed by atoms with van der Waals surface area (Å²) in [5.41, 5.74) is 2.26. The Morgan fingerprint density at radius 1 is 1.03 bits per heavy atom. The van der Waals surface area contributed by atoms with Crippen molar-refractivity contribution in [1.29, 1.82) is 0 Å². The average Bonchev–Trinajstić information content (AvgIpc) is 3.08. The van der Waals surface area contributed by atoms with Crippen LogP contribution in [0.3, 0.4) is 0 Å². The van der Waals surface area contributed by atoms with Crippen molar-refractivity contribution < 1.29 is 13.2 Å². The highest BCUT2D eigenvalue weighted by Crippen LogP contribution is 2.25. The van der Waals surface area contributed by atoms with E-state index in [1.807, 2.05) is 23.1 Å². The van der Waals surface area contributed by atoms with Crippen molar-refractivity contribution in [2.24, 2.45) is 0 Å². The number of sulfonamides is 1. The van der Waals surface area contributed by atoms with Crippen molar-refractivity contribution in [2.75, 3.05) is 44.2 Å². The van der Waals surface area contributed by atoms with Crippen LogP contribution in [-0.2, 0) is 21.4 Å². The van der Waals surface area contributed by atoms with Gasteiger partial charge in [0.05, 0.1) is 6.33 Å². The van der Waals surface area contributed by atoms with Crippen molar-refractivity contribution in [2.45, 2.75) is 44.2 Å². The average molecular weight is 480 g/mol. The third-order valence-corrected chi connectivity index (χ3v) is 8.26. The molecule has 0 N–H and O–H groups in total. The van der Waals surface area contributed by atoms with E-state index in [1.165, 1.54) is 16.8 Å². The second-order valence-corrected chi connectivity index (χ2v) is 10.8. The molecule has 4 rings (SSSR count). The fraction of sp³-hybridized carbons (Fsp3) is 0.545. The van der Waals surface area contributed by atoms with Gasteiger partial charge in [-0.15, -0.1) is 0 Å². The number of hydrogen-bond donors (Lipinski definition) is 0. The molecule has 0 bridgehead atoms. The largest absolute Gasteiger partial charge is 0.368 e. The molecule has 1 amide bonds. The van der Waals surface area contributed by atoms with Gasteiger partial charge >= 0.3 is 0 Å². The van der Waals surface area contributed by atoms with E-state index in [9.17, 15) is 13.2 Å². The molecule has 2 aliphatic heterocycles. The zero-order valence-corrected chi connectivity index (χ0v) is 20.0. The van der Waals surface area contributed by atoms with Crippen molar-refractivity contribution in [3.63, 3.8) is 0 Å². The highest BCUT2D eigenvalue weighted by Gasteiger charge is 2.28. The summed E-state index contributed by atoms with van der Waals surface area (Å²) >= 11 is 6.15. The van der Waals surface area contributed by atoms with E-state index >= 15 is 0 Å². The molecule has 8 nitrogen and oxygen atoms in total. The van der Waals surface area contributed by atoms with Gasteiger partial charge in [0.25, 0.3) is 10.0 Å². The molecule has 2 aromatic rings. The summed E-state index contributed by atoms with van der Waals surface area (Å²) in [7, 11) is -3.61. The summed E-state index contributed by atoms with van der Waals surface area (Å²) in [5, 5.41) is 0.726. The second-order valence-electron chi connectivity index (χ2n) is 8.50. The Balaban J connectivity index is 1.35. The minimum atomic E-state index is -3.61.